The van der Waals surface area contributed by atoms with Crippen LogP contribution in [0.3, 0.4) is 0 Å². The highest BCUT2D eigenvalue weighted by molar-refractivity contribution is 4.82. The summed E-state index contributed by atoms with van der Waals surface area (Å²) in [6.45, 7) is 5.81. The lowest BCUT2D eigenvalue weighted by atomic mass is 9.94. The molecule has 0 rings (SSSR count). The quantitative estimate of drug-likeness (QED) is 0.0610. The van der Waals surface area contributed by atoms with Gasteiger partial charge in [-0.25, -0.2) is 0 Å². The molecule has 0 fully saturated rings. The van der Waals surface area contributed by atoms with Gasteiger partial charge in [-0.15, -0.1) is 0 Å². The number of hydrogen-bond acceptors (Lipinski definition) is 1. The van der Waals surface area contributed by atoms with Crippen molar-refractivity contribution < 1.29 is 0 Å². The van der Waals surface area contributed by atoms with Gasteiger partial charge in [-0.2, -0.15) is 0 Å². The summed E-state index contributed by atoms with van der Waals surface area (Å²) in [4.78, 5) is 0. The van der Waals surface area contributed by atoms with Crippen molar-refractivity contribution in [3.8, 4) is 0 Å². The summed E-state index contributed by atoms with van der Waals surface area (Å²) in [6.07, 6.45) is 52.0. The topological polar surface area (TPSA) is 12.0 Å². The first-order valence-corrected chi connectivity index (χ1v) is 18.8. The molecule has 0 aromatic carbocycles. The SMILES string of the molecule is CCCCCCCC/C=C\CCCCCCCCC(CCCCCCCC/C=C\CCCCCCCC)CNC. The van der Waals surface area contributed by atoms with E-state index >= 15 is 0 Å². The predicted molar refractivity (Wildman–Crippen MR) is 186 cm³/mol. The van der Waals surface area contributed by atoms with E-state index in [0.717, 1.165) is 5.92 Å². The average Bonchev–Trinajstić information content (AvgIpc) is 2.96. The van der Waals surface area contributed by atoms with Crippen LogP contribution in [-0.2, 0) is 0 Å². The Bertz CT molecular complexity index is 451. The Morgan fingerprint density at radius 1 is 0.375 bits per heavy atom. The van der Waals surface area contributed by atoms with E-state index in [4.69, 9.17) is 0 Å². The Hall–Kier alpha value is -0.560. The van der Waals surface area contributed by atoms with Crippen molar-refractivity contribution in [3.63, 3.8) is 0 Å². The lowest BCUT2D eigenvalue weighted by Gasteiger charge is -2.16. The summed E-state index contributed by atoms with van der Waals surface area (Å²) < 4.78 is 0. The first-order chi connectivity index (χ1) is 19.8. The third-order valence-corrected chi connectivity index (χ3v) is 8.74. The van der Waals surface area contributed by atoms with E-state index in [1.54, 1.807) is 0 Å². The third kappa shape index (κ3) is 33.6. The first kappa shape index (κ1) is 39.4. The van der Waals surface area contributed by atoms with Gasteiger partial charge in [0.2, 0.25) is 0 Å². The number of nitrogens with one attached hydrogen (secondary N) is 1. The third-order valence-electron chi connectivity index (χ3n) is 8.74. The van der Waals surface area contributed by atoms with E-state index < -0.39 is 0 Å². The van der Waals surface area contributed by atoms with Gasteiger partial charge in [0.1, 0.15) is 0 Å². The molecular formula is C39H77N. The van der Waals surface area contributed by atoms with Crippen LogP contribution in [0.4, 0.5) is 0 Å². The van der Waals surface area contributed by atoms with Crippen LogP contribution in [0, 0.1) is 5.92 Å². The molecule has 238 valence electrons. The van der Waals surface area contributed by atoms with Gasteiger partial charge < -0.3 is 5.32 Å². The molecule has 0 unspecified atom stereocenters. The van der Waals surface area contributed by atoms with E-state index in [1.165, 1.54) is 199 Å². The fourth-order valence-corrected chi connectivity index (χ4v) is 6.00. The molecule has 0 radical (unpaired) electrons. The fraction of sp³-hybridized carbons (Fsp3) is 0.897. The van der Waals surface area contributed by atoms with E-state index in [2.05, 4.69) is 50.5 Å². The van der Waals surface area contributed by atoms with Gasteiger partial charge in [0.25, 0.3) is 0 Å². The lowest BCUT2D eigenvalue weighted by Crippen LogP contribution is -2.18. The number of allylic oxidation sites excluding steroid dienone is 4. The minimum Gasteiger partial charge on any atom is -0.319 e. The molecule has 0 aromatic heterocycles. The summed E-state index contributed by atoms with van der Waals surface area (Å²) in [5, 5.41) is 3.46. The van der Waals surface area contributed by atoms with Crippen LogP contribution in [0.25, 0.3) is 0 Å². The highest BCUT2D eigenvalue weighted by Gasteiger charge is 2.07. The molecule has 0 aliphatic rings. The molecule has 0 heterocycles. The Kier molecular flexibility index (Phi) is 36.0. The van der Waals surface area contributed by atoms with Crippen LogP contribution in [0.5, 0.6) is 0 Å². The molecular weight excluding hydrogens is 482 g/mol. The maximum Gasteiger partial charge on any atom is -0.00235 e. The second kappa shape index (κ2) is 36.5. The van der Waals surface area contributed by atoms with Crippen molar-refractivity contribution in [2.75, 3.05) is 13.6 Å². The van der Waals surface area contributed by atoms with Crippen LogP contribution in [0.2, 0.25) is 0 Å². The van der Waals surface area contributed by atoms with Gasteiger partial charge in [0.15, 0.2) is 0 Å². The van der Waals surface area contributed by atoms with E-state index in [1.807, 2.05) is 0 Å². The lowest BCUT2D eigenvalue weighted by molar-refractivity contribution is 0.391. The Balaban J connectivity index is 3.44. The smallest absolute Gasteiger partial charge is 0.00235 e. The zero-order valence-corrected chi connectivity index (χ0v) is 28.3. The Labute approximate surface area is 255 Å². The normalized spacial score (nSPS) is 12.1. The van der Waals surface area contributed by atoms with Crippen molar-refractivity contribution in [3.05, 3.63) is 24.3 Å². The molecule has 1 N–H and O–H groups in total. The zero-order chi connectivity index (χ0) is 29.0. The van der Waals surface area contributed by atoms with Crippen LogP contribution >= 0.6 is 0 Å². The molecule has 0 spiro atoms. The van der Waals surface area contributed by atoms with Gasteiger partial charge in [0.05, 0.1) is 0 Å². The van der Waals surface area contributed by atoms with Crippen LogP contribution in [-0.4, -0.2) is 13.6 Å². The zero-order valence-electron chi connectivity index (χ0n) is 28.3. The summed E-state index contributed by atoms with van der Waals surface area (Å²) in [6, 6.07) is 0. The molecule has 0 atom stereocenters. The first-order valence-electron chi connectivity index (χ1n) is 18.8. The molecule has 1 heteroatoms. The van der Waals surface area contributed by atoms with Crippen LogP contribution in [0.1, 0.15) is 206 Å². The van der Waals surface area contributed by atoms with Crippen LogP contribution in [0.15, 0.2) is 24.3 Å². The van der Waals surface area contributed by atoms with Gasteiger partial charge in [0, 0.05) is 0 Å². The molecule has 0 bridgehead atoms. The number of rotatable bonds is 34. The predicted octanol–water partition coefficient (Wildman–Crippen LogP) is 13.7. The molecule has 0 aromatic rings. The average molecular weight is 560 g/mol. The van der Waals surface area contributed by atoms with E-state index in [0.29, 0.717) is 0 Å². The van der Waals surface area contributed by atoms with Gasteiger partial charge in [-0.1, -0.05) is 167 Å². The summed E-state index contributed by atoms with van der Waals surface area (Å²) >= 11 is 0. The summed E-state index contributed by atoms with van der Waals surface area (Å²) in [5.41, 5.74) is 0. The fourth-order valence-electron chi connectivity index (χ4n) is 6.00. The van der Waals surface area contributed by atoms with Gasteiger partial charge in [-0.3, -0.25) is 0 Å². The van der Waals surface area contributed by atoms with Crippen molar-refractivity contribution >= 4 is 0 Å². The standard InChI is InChI=1S/C39H77N/c1-4-6-8-10-12-14-16-18-20-22-24-26-28-30-32-34-36-39(38-40-3)37-35-33-31-29-27-25-23-21-19-17-15-13-11-9-7-5-2/h18-21,39-40H,4-17,22-38H2,1-3H3/b20-18-,21-19-. The second-order valence-electron chi connectivity index (χ2n) is 12.9. The highest BCUT2D eigenvalue weighted by atomic mass is 14.8. The molecule has 40 heavy (non-hydrogen) atoms. The van der Waals surface area contributed by atoms with Gasteiger partial charge in [-0.05, 0) is 83.7 Å². The van der Waals surface area contributed by atoms with E-state index in [9.17, 15) is 0 Å². The van der Waals surface area contributed by atoms with Crippen molar-refractivity contribution in [2.24, 2.45) is 5.92 Å². The van der Waals surface area contributed by atoms with Crippen molar-refractivity contribution in [1.29, 1.82) is 0 Å². The van der Waals surface area contributed by atoms with Gasteiger partial charge >= 0.3 is 0 Å². The molecule has 0 amide bonds. The minimum absolute atomic E-state index is 0.901. The maximum atomic E-state index is 3.46. The number of unbranched alkanes of at least 4 members (excludes halogenated alkanes) is 24. The molecule has 0 aliphatic carbocycles. The largest absolute Gasteiger partial charge is 0.319 e. The summed E-state index contributed by atoms with van der Waals surface area (Å²) in [5.74, 6) is 0.901. The van der Waals surface area contributed by atoms with Crippen LogP contribution < -0.4 is 5.32 Å². The summed E-state index contributed by atoms with van der Waals surface area (Å²) in [7, 11) is 2.14. The molecule has 0 saturated carbocycles. The minimum atomic E-state index is 0.901. The Morgan fingerprint density at radius 3 is 0.950 bits per heavy atom. The monoisotopic (exact) mass is 560 g/mol. The van der Waals surface area contributed by atoms with Crippen molar-refractivity contribution in [2.45, 2.75) is 206 Å². The highest BCUT2D eigenvalue weighted by Crippen LogP contribution is 2.19. The molecule has 1 nitrogen and oxygen atoms in total. The van der Waals surface area contributed by atoms with E-state index in [-0.39, 0.29) is 0 Å². The number of hydrogen-bond donors (Lipinski definition) is 1. The maximum absolute atomic E-state index is 3.46. The Morgan fingerprint density at radius 2 is 0.650 bits per heavy atom. The molecule has 0 aliphatic heterocycles. The van der Waals surface area contributed by atoms with Crippen molar-refractivity contribution in [1.82, 2.24) is 5.32 Å². The molecule has 0 saturated heterocycles. The second-order valence-corrected chi connectivity index (χ2v) is 12.9.